The fourth-order valence-electron chi connectivity index (χ4n) is 2.18. The van der Waals surface area contributed by atoms with Gasteiger partial charge in [0.05, 0.1) is 8.91 Å². The van der Waals surface area contributed by atoms with E-state index in [0.717, 1.165) is 4.21 Å². The second-order valence-corrected chi connectivity index (χ2v) is 10.7. The van der Waals surface area contributed by atoms with Crippen molar-refractivity contribution in [1.29, 1.82) is 0 Å². The Morgan fingerprint density at radius 3 is 2.00 bits per heavy atom. The first-order valence-corrected chi connectivity index (χ1v) is 11.3. The summed E-state index contributed by atoms with van der Waals surface area (Å²) in [5.74, 6) is -0.466. The van der Waals surface area contributed by atoms with Crippen LogP contribution in [0.4, 0.5) is 9.59 Å². The summed E-state index contributed by atoms with van der Waals surface area (Å²) in [4.78, 5) is 37.0. The molecule has 0 amide bonds. The zero-order valence-corrected chi connectivity index (χ0v) is 20.1. The second kappa shape index (κ2) is 9.03. The van der Waals surface area contributed by atoms with Gasteiger partial charge < -0.3 is 18.9 Å². The fraction of sp³-hybridized carbons (Fsp3) is 0.450. The number of benzene rings is 1. The molecule has 0 aliphatic heterocycles. The minimum Gasteiger partial charge on any atom is -0.428 e. The third-order valence-corrected chi connectivity index (χ3v) is 5.91. The van der Waals surface area contributed by atoms with E-state index in [2.05, 4.69) is 0 Å². The summed E-state index contributed by atoms with van der Waals surface area (Å²) in [5.41, 5.74) is -1.94. The molecule has 30 heavy (non-hydrogen) atoms. The highest BCUT2D eigenvalue weighted by Crippen LogP contribution is 2.44. The van der Waals surface area contributed by atoms with Crippen molar-refractivity contribution in [2.24, 2.45) is 0 Å². The van der Waals surface area contributed by atoms with Crippen LogP contribution in [0.2, 0.25) is 5.02 Å². The molecule has 1 heterocycles. The molecule has 0 saturated heterocycles. The van der Waals surface area contributed by atoms with Crippen molar-refractivity contribution >= 4 is 57.1 Å². The summed E-state index contributed by atoms with van der Waals surface area (Å²) in [6, 6.07) is 2.76. The van der Waals surface area contributed by atoms with Crippen LogP contribution in [0.15, 0.2) is 21.1 Å². The van der Waals surface area contributed by atoms with Gasteiger partial charge >= 0.3 is 12.3 Å². The molecule has 0 saturated carbocycles. The Morgan fingerprint density at radius 1 is 0.967 bits per heavy atom. The first kappa shape index (κ1) is 24.3. The summed E-state index contributed by atoms with van der Waals surface area (Å²) >= 11 is 9.10. The monoisotopic (exact) mass is 474 g/mol. The van der Waals surface area contributed by atoms with Gasteiger partial charge in [0.1, 0.15) is 16.2 Å². The summed E-state index contributed by atoms with van der Waals surface area (Å²) in [5, 5.41) is 0.174. The van der Waals surface area contributed by atoms with Crippen LogP contribution < -0.4 is 14.9 Å². The van der Waals surface area contributed by atoms with Crippen LogP contribution in [0.3, 0.4) is 0 Å². The van der Waals surface area contributed by atoms with Gasteiger partial charge in [-0.1, -0.05) is 11.6 Å². The topological polar surface area (TPSA) is 88.1 Å². The lowest BCUT2D eigenvalue weighted by atomic mass is 10.2. The lowest BCUT2D eigenvalue weighted by Crippen LogP contribution is -2.27. The Balaban J connectivity index is 2.60. The van der Waals surface area contributed by atoms with Crippen LogP contribution in [0.1, 0.15) is 41.5 Å². The van der Waals surface area contributed by atoms with Gasteiger partial charge in [0, 0.05) is 11.5 Å². The van der Waals surface area contributed by atoms with Crippen LogP contribution in [0.5, 0.6) is 11.5 Å². The molecule has 0 N–H and O–H groups in total. The predicted octanol–water partition coefficient (Wildman–Crippen LogP) is 6.26. The van der Waals surface area contributed by atoms with Gasteiger partial charge in [0.2, 0.25) is 0 Å². The molecule has 0 bridgehead atoms. The van der Waals surface area contributed by atoms with Gasteiger partial charge in [0.15, 0.2) is 16.9 Å². The van der Waals surface area contributed by atoms with Gasteiger partial charge in [-0.3, -0.25) is 4.79 Å². The highest BCUT2D eigenvalue weighted by Gasteiger charge is 2.27. The first-order valence-electron chi connectivity index (χ1n) is 8.86. The van der Waals surface area contributed by atoms with E-state index in [1.165, 1.54) is 35.2 Å². The first-order chi connectivity index (χ1) is 13.7. The highest BCUT2D eigenvalue weighted by atomic mass is 35.5. The molecule has 0 radical (unpaired) electrons. The molecule has 2 aromatic rings. The third kappa shape index (κ3) is 6.52. The second-order valence-electron chi connectivity index (χ2n) is 8.16. The summed E-state index contributed by atoms with van der Waals surface area (Å²) in [6.45, 7) is 10.0. The van der Waals surface area contributed by atoms with Gasteiger partial charge in [-0.25, -0.2) is 9.59 Å². The number of ether oxygens (including phenoxy) is 4. The molecule has 2 rings (SSSR count). The fourth-order valence-corrected chi connectivity index (χ4v) is 4.15. The number of carbonyl (C=O) groups excluding carboxylic acids is 2. The SMILES string of the molecule is CSc1cc(=O)c2cc(OC(=O)OC(C)(C)C)c(OC(=O)OC(C)(C)C)c(Cl)c2s1. The van der Waals surface area contributed by atoms with Crippen molar-refractivity contribution in [3.63, 3.8) is 0 Å². The minimum atomic E-state index is -1.04. The normalized spacial score (nSPS) is 11.9. The van der Waals surface area contributed by atoms with Gasteiger partial charge in [0.25, 0.3) is 0 Å². The van der Waals surface area contributed by atoms with E-state index in [1.807, 2.05) is 6.26 Å². The van der Waals surface area contributed by atoms with Crippen molar-refractivity contribution in [2.45, 2.75) is 57.0 Å². The third-order valence-electron chi connectivity index (χ3n) is 3.22. The van der Waals surface area contributed by atoms with E-state index < -0.39 is 23.5 Å². The zero-order chi connectivity index (χ0) is 22.9. The zero-order valence-electron chi connectivity index (χ0n) is 17.7. The van der Waals surface area contributed by atoms with Crippen molar-refractivity contribution in [2.75, 3.05) is 6.26 Å². The maximum absolute atomic E-state index is 12.5. The van der Waals surface area contributed by atoms with Gasteiger partial charge in [-0.15, -0.1) is 23.1 Å². The molecule has 0 aliphatic rings. The number of halogens is 1. The van der Waals surface area contributed by atoms with E-state index in [0.29, 0.717) is 4.70 Å². The van der Waals surface area contributed by atoms with Crippen LogP contribution in [0, 0.1) is 0 Å². The van der Waals surface area contributed by atoms with Gasteiger partial charge in [-0.2, -0.15) is 0 Å². The van der Waals surface area contributed by atoms with E-state index in [1.54, 1.807) is 41.5 Å². The molecule has 10 heteroatoms. The van der Waals surface area contributed by atoms with Crippen LogP contribution in [-0.2, 0) is 9.47 Å². The van der Waals surface area contributed by atoms with Crippen LogP contribution in [0.25, 0.3) is 10.1 Å². The van der Waals surface area contributed by atoms with Crippen molar-refractivity contribution in [1.82, 2.24) is 0 Å². The van der Waals surface area contributed by atoms with Gasteiger partial charge in [-0.05, 0) is 53.9 Å². The van der Waals surface area contributed by atoms with E-state index in [-0.39, 0.29) is 27.3 Å². The summed E-state index contributed by atoms with van der Waals surface area (Å²) < 4.78 is 21.9. The molecule has 0 aliphatic carbocycles. The van der Waals surface area contributed by atoms with Crippen molar-refractivity contribution in [3.8, 4) is 11.5 Å². The number of hydrogen-bond donors (Lipinski definition) is 0. The lowest BCUT2D eigenvalue weighted by Gasteiger charge is -2.21. The van der Waals surface area contributed by atoms with Crippen LogP contribution in [-0.4, -0.2) is 29.8 Å². The van der Waals surface area contributed by atoms with E-state index in [4.69, 9.17) is 30.5 Å². The largest absolute Gasteiger partial charge is 0.514 e. The Morgan fingerprint density at radius 2 is 1.50 bits per heavy atom. The molecule has 1 aromatic carbocycles. The number of fused-ring (bicyclic) bond motifs is 1. The van der Waals surface area contributed by atoms with E-state index >= 15 is 0 Å². The molecule has 0 atom stereocenters. The highest BCUT2D eigenvalue weighted by molar-refractivity contribution is 8.00. The molecular formula is C20H23ClO7S2. The predicted molar refractivity (Wildman–Crippen MR) is 119 cm³/mol. The molecule has 7 nitrogen and oxygen atoms in total. The number of carbonyl (C=O) groups is 2. The summed E-state index contributed by atoms with van der Waals surface area (Å²) in [7, 11) is 0. The Hall–Kier alpha value is -1.97. The van der Waals surface area contributed by atoms with Crippen LogP contribution >= 0.6 is 34.7 Å². The lowest BCUT2D eigenvalue weighted by molar-refractivity contribution is 0.0138. The quantitative estimate of drug-likeness (QED) is 0.292. The molecule has 0 spiro atoms. The van der Waals surface area contributed by atoms with Crippen molar-refractivity contribution < 1.29 is 28.5 Å². The average molecular weight is 475 g/mol. The maximum Gasteiger partial charge on any atom is 0.514 e. The molecular weight excluding hydrogens is 452 g/mol. The van der Waals surface area contributed by atoms with E-state index in [9.17, 15) is 14.4 Å². The molecule has 164 valence electrons. The standard InChI is InChI=1S/C20H23ClO7S2/c1-19(2,3)27-17(23)25-12-8-10-11(22)9-13(29-7)30-16(10)14(21)15(12)26-18(24)28-20(4,5)6/h8-9H,1-7H3. The Labute approximate surface area is 187 Å². The molecule has 0 unspecified atom stereocenters. The number of hydrogen-bond acceptors (Lipinski definition) is 9. The van der Waals surface area contributed by atoms with Crippen molar-refractivity contribution in [3.05, 3.63) is 27.4 Å². The Bertz CT molecular complexity index is 1030. The average Bonchev–Trinajstić information content (AvgIpc) is 2.55. The molecule has 1 aromatic heterocycles. The molecule has 0 fully saturated rings. The summed E-state index contributed by atoms with van der Waals surface area (Å²) in [6.07, 6.45) is -0.252. The maximum atomic E-state index is 12.5. The number of thioether (sulfide) groups is 1. The minimum absolute atomic E-state index is 0.0464. The Kier molecular flexibility index (Phi) is 7.32. The smallest absolute Gasteiger partial charge is 0.428 e. The number of rotatable bonds is 3.